The van der Waals surface area contributed by atoms with Crippen LogP contribution in [0.3, 0.4) is 0 Å². The van der Waals surface area contributed by atoms with E-state index >= 15 is 0 Å². The van der Waals surface area contributed by atoms with Crippen molar-refractivity contribution in [2.45, 2.75) is 75.8 Å². The lowest BCUT2D eigenvalue weighted by Crippen LogP contribution is -2.38. The zero-order valence-corrected chi connectivity index (χ0v) is 15.3. The van der Waals surface area contributed by atoms with E-state index in [1.165, 1.54) is 4.31 Å². The molecule has 0 radical (unpaired) electrons. The molecule has 0 bridgehead atoms. The summed E-state index contributed by atoms with van der Waals surface area (Å²) in [7, 11) is -3.49. The largest absolute Gasteiger partial charge is 0.388 e. The van der Waals surface area contributed by atoms with E-state index in [1.807, 2.05) is 19.1 Å². The summed E-state index contributed by atoms with van der Waals surface area (Å²) in [6.45, 7) is 6.55. The van der Waals surface area contributed by atoms with E-state index < -0.39 is 15.6 Å². The Kier molecular flexibility index (Phi) is 5.87. The normalized spacial score (nSPS) is 21.4. The zero-order valence-electron chi connectivity index (χ0n) is 14.5. The molecule has 1 aromatic carbocycles. The highest BCUT2D eigenvalue weighted by atomic mass is 32.2. The lowest BCUT2D eigenvalue weighted by atomic mass is 9.88. The van der Waals surface area contributed by atoms with E-state index in [0.29, 0.717) is 24.3 Å². The number of sulfonamides is 1. The van der Waals surface area contributed by atoms with E-state index in [9.17, 15) is 13.5 Å². The molecule has 1 aliphatic heterocycles. The topological polar surface area (TPSA) is 57.4 Å². The maximum Gasteiger partial charge on any atom is 0.243 e. The number of aliphatic hydroxyl groups is 1. The monoisotopic (exact) mass is 339 g/mol. The third-order valence-corrected chi connectivity index (χ3v) is 6.63. The van der Waals surface area contributed by atoms with Gasteiger partial charge in [0.15, 0.2) is 0 Å². The SMILES string of the molecule is CCCCC(O)(CCCC)[C@@H]1CN1S(=O)(=O)c1ccc(C)cc1. The lowest BCUT2D eigenvalue weighted by Gasteiger charge is -2.28. The molecular weight excluding hydrogens is 310 g/mol. The van der Waals surface area contributed by atoms with Crippen molar-refractivity contribution < 1.29 is 13.5 Å². The van der Waals surface area contributed by atoms with Crippen molar-refractivity contribution in [2.75, 3.05) is 6.54 Å². The zero-order chi connectivity index (χ0) is 17.1. The van der Waals surface area contributed by atoms with Crippen molar-refractivity contribution in [1.29, 1.82) is 0 Å². The Morgan fingerprint density at radius 2 is 1.65 bits per heavy atom. The molecule has 0 saturated carbocycles. The van der Waals surface area contributed by atoms with Crippen LogP contribution >= 0.6 is 0 Å². The first-order chi connectivity index (χ1) is 10.8. The van der Waals surface area contributed by atoms with Gasteiger partial charge in [-0.2, -0.15) is 4.31 Å². The molecule has 1 unspecified atom stereocenters. The van der Waals surface area contributed by atoms with E-state index in [2.05, 4.69) is 13.8 Å². The average Bonchev–Trinajstić information content (AvgIpc) is 3.33. The summed E-state index contributed by atoms with van der Waals surface area (Å²) >= 11 is 0. The highest BCUT2D eigenvalue weighted by Gasteiger charge is 2.55. The quantitative estimate of drug-likeness (QED) is 0.701. The van der Waals surface area contributed by atoms with Gasteiger partial charge in [0.1, 0.15) is 0 Å². The van der Waals surface area contributed by atoms with Crippen LogP contribution in [-0.4, -0.2) is 36.0 Å². The molecule has 2 rings (SSSR count). The number of unbranched alkanes of at least 4 members (excludes halogenated alkanes) is 2. The molecule has 130 valence electrons. The minimum absolute atomic E-state index is 0.271. The molecule has 1 saturated heterocycles. The second-order valence-electron chi connectivity index (χ2n) is 6.71. The van der Waals surface area contributed by atoms with Crippen LogP contribution in [0, 0.1) is 6.92 Å². The van der Waals surface area contributed by atoms with Crippen molar-refractivity contribution in [1.82, 2.24) is 4.31 Å². The smallest absolute Gasteiger partial charge is 0.243 e. The van der Waals surface area contributed by atoms with E-state index in [4.69, 9.17) is 0 Å². The third-order valence-electron chi connectivity index (χ3n) is 4.74. The Morgan fingerprint density at radius 3 is 2.13 bits per heavy atom. The van der Waals surface area contributed by atoms with Crippen molar-refractivity contribution in [3.63, 3.8) is 0 Å². The molecule has 1 aromatic rings. The molecule has 2 atom stereocenters. The van der Waals surface area contributed by atoms with Crippen LogP contribution in [-0.2, 0) is 10.0 Å². The maximum absolute atomic E-state index is 12.7. The van der Waals surface area contributed by atoms with Crippen molar-refractivity contribution in [3.05, 3.63) is 29.8 Å². The predicted molar refractivity (Wildman–Crippen MR) is 92.9 cm³/mol. The molecule has 1 N–H and O–H groups in total. The molecule has 0 aromatic heterocycles. The number of rotatable bonds is 9. The average molecular weight is 340 g/mol. The van der Waals surface area contributed by atoms with Crippen LogP contribution in [0.1, 0.15) is 57.9 Å². The number of benzene rings is 1. The standard InChI is InChI=1S/C18H29NO3S/c1-4-6-12-18(20,13-7-5-2)17-14-19(17)23(21,22)16-10-8-15(3)9-11-16/h8-11,17,20H,4-7,12-14H2,1-3H3/t17-,19?/m0/s1. The molecule has 4 nitrogen and oxygen atoms in total. The third kappa shape index (κ3) is 4.14. The van der Waals surface area contributed by atoms with Gasteiger partial charge in [0, 0.05) is 6.54 Å². The Balaban J connectivity index is 2.15. The second-order valence-corrected chi connectivity index (χ2v) is 8.60. The highest BCUT2D eigenvalue weighted by molar-refractivity contribution is 7.89. The first kappa shape index (κ1) is 18.4. The predicted octanol–water partition coefficient (Wildman–Crippen LogP) is 3.48. The van der Waals surface area contributed by atoms with E-state index in [1.54, 1.807) is 12.1 Å². The van der Waals surface area contributed by atoms with Gasteiger partial charge < -0.3 is 5.11 Å². The number of hydrogen-bond acceptors (Lipinski definition) is 3. The Bertz CT molecular complexity index is 602. The van der Waals surface area contributed by atoms with E-state index in [-0.39, 0.29) is 6.04 Å². The van der Waals surface area contributed by atoms with Gasteiger partial charge in [-0.15, -0.1) is 0 Å². The minimum atomic E-state index is -3.49. The summed E-state index contributed by atoms with van der Waals surface area (Å²) in [5, 5.41) is 11.0. The summed E-state index contributed by atoms with van der Waals surface area (Å²) in [4.78, 5) is 0.318. The summed E-state index contributed by atoms with van der Waals surface area (Å²) in [6.07, 6.45) is 5.21. The van der Waals surface area contributed by atoms with Crippen molar-refractivity contribution in [3.8, 4) is 0 Å². The van der Waals surface area contributed by atoms with Crippen LogP contribution in [0.2, 0.25) is 0 Å². The highest BCUT2D eigenvalue weighted by Crippen LogP contribution is 2.40. The van der Waals surface area contributed by atoms with Gasteiger partial charge in [-0.3, -0.25) is 0 Å². The first-order valence-electron chi connectivity index (χ1n) is 8.66. The molecule has 1 aliphatic rings. The van der Waals surface area contributed by atoms with Crippen LogP contribution in [0.5, 0.6) is 0 Å². The van der Waals surface area contributed by atoms with Crippen molar-refractivity contribution in [2.24, 2.45) is 0 Å². The molecule has 23 heavy (non-hydrogen) atoms. The van der Waals surface area contributed by atoms with Gasteiger partial charge in [-0.05, 0) is 31.9 Å². The fraction of sp³-hybridized carbons (Fsp3) is 0.667. The van der Waals surface area contributed by atoms with Gasteiger partial charge in [-0.1, -0.05) is 57.2 Å². The Hall–Kier alpha value is -0.910. The van der Waals surface area contributed by atoms with Gasteiger partial charge in [-0.25, -0.2) is 8.42 Å². The summed E-state index contributed by atoms with van der Waals surface area (Å²) in [5.74, 6) is 0. The number of nitrogens with zero attached hydrogens (tertiary/aromatic N) is 1. The minimum Gasteiger partial charge on any atom is -0.388 e. The van der Waals surface area contributed by atoms with Crippen molar-refractivity contribution >= 4 is 10.0 Å². The van der Waals surface area contributed by atoms with Gasteiger partial charge in [0.25, 0.3) is 0 Å². The molecule has 1 fully saturated rings. The summed E-state index contributed by atoms with van der Waals surface area (Å²) in [6, 6.07) is 6.65. The molecular formula is C18H29NO3S. The van der Waals surface area contributed by atoms with Gasteiger partial charge in [0.05, 0.1) is 16.5 Å². The molecule has 1 heterocycles. The van der Waals surface area contributed by atoms with Crippen LogP contribution in [0.15, 0.2) is 29.2 Å². The first-order valence-corrected chi connectivity index (χ1v) is 10.1. The molecule has 0 spiro atoms. The van der Waals surface area contributed by atoms with Crippen LogP contribution in [0.4, 0.5) is 0 Å². The molecule has 5 heteroatoms. The number of aryl methyl sites for hydroxylation is 1. The maximum atomic E-state index is 12.7. The van der Waals surface area contributed by atoms with Crippen LogP contribution in [0.25, 0.3) is 0 Å². The number of hydrogen-bond donors (Lipinski definition) is 1. The fourth-order valence-electron chi connectivity index (χ4n) is 3.10. The molecule has 0 amide bonds. The Labute approximate surface area is 140 Å². The second kappa shape index (κ2) is 7.32. The van der Waals surface area contributed by atoms with Gasteiger partial charge >= 0.3 is 0 Å². The van der Waals surface area contributed by atoms with Gasteiger partial charge in [0.2, 0.25) is 10.0 Å². The lowest BCUT2D eigenvalue weighted by molar-refractivity contribution is 0.0114. The molecule has 0 aliphatic carbocycles. The van der Waals surface area contributed by atoms with Crippen LogP contribution < -0.4 is 0 Å². The fourth-order valence-corrected chi connectivity index (χ4v) is 4.72. The van der Waals surface area contributed by atoms with E-state index in [0.717, 1.165) is 31.2 Å². The Morgan fingerprint density at radius 1 is 1.13 bits per heavy atom. The summed E-state index contributed by atoms with van der Waals surface area (Å²) in [5.41, 5.74) is 0.151. The summed E-state index contributed by atoms with van der Waals surface area (Å²) < 4.78 is 26.9.